The maximum absolute atomic E-state index is 12.4. The molecule has 1 fully saturated rings. The first-order valence-corrected chi connectivity index (χ1v) is 6.78. The number of benzene rings is 1. The predicted octanol–water partition coefficient (Wildman–Crippen LogP) is 1.86. The molecule has 2 rings (SSSR count). The molecule has 19 heavy (non-hydrogen) atoms. The van der Waals surface area contributed by atoms with Gasteiger partial charge in [0.1, 0.15) is 5.54 Å². The van der Waals surface area contributed by atoms with Crippen molar-refractivity contribution in [1.29, 1.82) is 0 Å². The number of hydrogen-bond donors (Lipinski definition) is 1. The minimum Gasteiger partial charge on any atom is -0.354 e. The molecule has 0 atom stereocenters. The molecule has 104 valence electrons. The molecule has 1 aromatic carbocycles. The second-order valence-electron chi connectivity index (χ2n) is 5.39. The largest absolute Gasteiger partial charge is 0.354 e. The highest BCUT2D eigenvalue weighted by Crippen LogP contribution is 2.36. The van der Waals surface area contributed by atoms with Crippen molar-refractivity contribution in [3.8, 4) is 0 Å². The molecule has 0 spiro atoms. The highest BCUT2D eigenvalue weighted by Gasteiger charge is 2.41. The highest BCUT2D eigenvalue weighted by atomic mass is 35.5. The Hall–Kier alpha value is -1.26. The van der Waals surface area contributed by atoms with Crippen LogP contribution in [0.25, 0.3) is 0 Å². The molecule has 0 aliphatic carbocycles. The molecule has 1 amide bonds. The van der Waals surface area contributed by atoms with Crippen molar-refractivity contribution in [2.75, 3.05) is 25.0 Å². The number of carbonyl (C=O) groups is 1. The molecule has 0 unspecified atom stereocenters. The lowest BCUT2D eigenvalue weighted by Gasteiger charge is -2.47. The molecular formula is C14H20ClN3O. The molecular weight excluding hydrogens is 262 g/mol. The van der Waals surface area contributed by atoms with Gasteiger partial charge in [-0.3, -0.25) is 4.79 Å². The maximum atomic E-state index is 12.4. The Kier molecular flexibility index (Phi) is 3.74. The Morgan fingerprint density at radius 2 is 2.05 bits per heavy atom. The van der Waals surface area contributed by atoms with Crippen LogP contribution in [0.2, 0.25) is 5.02 Å². The topological polar surface area (TPSA) is 49.6 Å². The molecule has 1 aliphatic heterocycles. The van der Waals surface area contributed by atoms with Gasteiger partial charge in [0, 0.05) is 26.7 Å². The Labute approximate surface area is 119 Å². The Bertz CT molecular complexity index is 501. The number of hydrogen-bond acceptors (Lipinski definition) is 3. The number of nitrogens with zero attached hydrogens (tertiary/aromatic N) is 2. The molecule has 4 nitrogen and oxygen atoms in total. The summed E-state index contributed by atoms with van der Waals surface area (Å²) in [5.41, 5.74) is 7.04. The minimum absolute atomic E-state index is 0.0987. The van der Waals surface area contributed by atoms with E-state index < -0.39 is 5.54 Å². The zero-order valence-electron chi connectivity index (χ0n) is 11.6. The smallest absolute Gasteiger partial charge is 0.247 e. The number of para-hydroxylation sites is 1. The molecule has 0 aromatic heterocycles. The first-order valence-electron chi connectivity index (χ1n) is 6.40. The molecule has 1 saturated heterocycles. The third-order valence-electron chi connectivity index (χ3n) is 3.76. The first-order chi connectivity index (χ1) is 8.89. The van der Waals surface area contributed by atoms with E-state index in [0.717, 1.165) is 17.8 Å². The maximum Gasteiger partial charge on any atom is 0.247 e. The van der Waals surface area contributed by atoms with Gasteiger partial charge in [-0.15, -0.1) is 0 Å². The first kappa shape index (κ1) is 14.2. The van der Waals surface area contributed by atoms with Gasteiger partial charge in [-0.1, -0.05) is 23.7 Å². The van der Waals surface area contributed by atoms with Crippen LogP contribution in [0.1, 0.15) is 19.4 Å². The number of anilines is 1. The van der Waals surface area contributed by atoms with Crippen LogP contribution in [0.4, 0.5) is 5.69 Å². The van der Waals surface area contributed by atoms with Crippen LogP contribution in [0.5, 0.6) is 0 Å². The zero-order chi connectivity index (χ0) is 14.2. The van der Waals surface area contributed by atoms with Crippen molar-refractivity contribution in [3.05, 3.63) is 28.8 Å². The van der Waals surface area contributed by atoms with E-state index in [0.29, 0.717) is 18.1 Å². The van der Waals surface area contributed by atoms with Crippen molar-refractivity contribution in [1.82, 2.24) is 4.90 Å². The molecule has 0 radical (unpaired) electrons. The normalized spacial score (nSPS) is 18.9. The third-order valence-corrected chi connectivity index (χ3v) is 4.07. The lowest BCUT2D eigenvalue weighted by atomic mass is 9.95. The summed E-state index contributed by atoms with van der Waals surface area (Å²) in [5.74, 6) is 0.0987. The van der Waals surface area contributed by atoms with Gasteiger partial charge >= 0.3 is 0 Å². The van der Waals surface area contributed by atoms with Crippen LogP contribution in [0.3, 0.4) is 0 Å². The average molecular weight is 282 g/mol. The molecule has 0 bridgehead atoms. The Morgan fingerprint density at radius 3 is 2.68 bits per heavy atom. The fourth-order valence-electron chi connectivity index (χ4n) is 2.63. The van der Waals surface area contributed by atoms with Gasteiger partial charge in [-0.25, -0.2) is 0 Å². The van der Waals surface area contributed by atoms with Crippen molar-refractivity contribution >= 4 is 23.2 Å². The molecule has 2 N–H and O–H groups in total. The van der Waals surface area contributed by atoms with Gasteiger partial charge in [0.2, 0.25) is 5.91 Å². The summed E-state index contributed by atoms with van der Waals surface area (Å²) >= 11 is 6.33. The molecule has 0 saturated carbocycles. The summed E-state index contributed by atoms with van der Waals surface area (Å²) < 4.78 is 0. The summed E-state index contributed by atoms with van der Waals surface area (Å²) in [5, 5.41) is 0.647. The van der Waals surface area contributed by atoms with Crippen LogP contribution < -0.4 is 10.6 Å². The van der Waals surface area contributed by atoms with E-state index >= 15 is 0 Å². The lowest BCUT2D eigenvalue weighted by Crippen LogP contribution is -2.62. The minimum atomic E-state index is -0.609. The molecule has 5 heteroatoms. The number of nitrogens with two attached hydrogens (primary N) is 1. The van der Waals surface area contributed by atoms with E-state index in [1.165, 1.54) is 0 Å². The predicted molar refractivity (Wildman–Crippen MR) is 78.4 cm³/mol. The van der Waals surface area contributed by atoms with Gasteiger partial charge in [-0.2, -0.15) is 0 Å². The number of rotatable bonds is 2. The SMILES string of the molecule is CN1CCN(c2c(Cl)cccc2CN)C(C)(C)C1=O. The van der Waals surface area contributed by atoms with Crippen LogP contribution in [0.15, 0.2) is 18.2 Å². The average Bonchev–Trinajstić information content (AvgIpc) is 2.37. The van der Waals surface area contributed by atoms with Gasteiger partial charge < -0.3 is 15.5 Å². The third kappa shape index (κ3) is 2.30. The van der Waals surface area contributed by atoms with E-state index in [-0.39, 0.29) is 5.91 Å². The summed E-state index contributed by atoms with van der Waals surface area (Å²) in [6.45, 7) is 5.71. The van der Waals surface area contributed by atoms with Crippen LogP contribution in [-0.2, 0) is 11.3 Å². The van der Waals surface area contributed by atoms with Crippen LogP contribution >= 0.6 is 11.6 Å². The van der Waals surface area contributed by atoms with E-state index in [9.17, 15) is 4.79 Å². The van der Waals surface area contributed by atoms with E-state index in [4.69, 9.17) is 17.3 Å². The lowest BCUT2D eigenvalue weighted by molar-refractivity contribution is -0.136. The summed E-state index contributed by atoms with van der Waals surface area (Å²) in [7, 11) is 1.83. The van der Waals surface area contributed by atoms with Gasteiger partial charge in [0.05, 0.1) is 10.7 Å². The quantitative estimate of drug-likeness (QED) is 0.900. The van der Waals surface area contributed by atoms with Gasteiger partial charge in [-0.05, 0) is 25.5 Å². The summed E-state index contributed by atoms with van der Waals surface area (Å²) in [6.07, 6.45) is 0. The second-order valence-corrected chi connectivity index (χ2v) is 5.80. The Balaban J connectivity index is 2.50. The number of halogens is 1. The van der Waals surface area contributed by atoms with Gasteiger partial charge in [0.15, 0.2) is 0 Å². The molecule has 1 aliphatic rings. The van der Waals surface area contributed by atoms with Crippen molar-refractivity contribution in [2.45, 2.75) is 25.9 Å². The van der Waals surface area contributed by atoms with E-state index in [1.54, 1.807) is 4.90 Å². The number of carbonyl (C=O) groups excluding carboxylic acids is 1. The van der Waals surface area contributed by atoms with Crippen LogP contribution in [-0.4, -0.2) is 36.5 Å². The Morgan fingerprint density at radius 1 is 1.37 bits per heavy atom. The van der Waals surface area contributed by atoms with Gasteiger partial charge in [0.25, 0.3) is 0 Å². The number of amides is 1. The van der Waals surface area contributed by atoms with Crippen molar-refractivity contribution in [2.24, 2.45) is 5.73 Å². The van der Waals surface area contributed by atoms with E-state index in [2.05, 4.69) is 4.90 Å². The van der Waals surface area contributed by atoms with E-state index in [1.807, 2.05) is 39.1 Å². The number of piperazine rings is 1. The molecule has 1 aromatic rings. The van der Waals surface area contributed by atoms with Crippen LogP contribution in [0, 0.1) is 0 Å². The fraction of sp³-hybridized carbons (Fsp3) is 0.500. The zero-order valence-corrected chi connectivity index (χ0v) is 12.4. The molecule has 1 heterocycles. The van der Waals surface area contributed by atoms with Crippen molar-refractivity contribution < 1.29 is 4.79 Å². The number of likely N-dealkylation sites (N-methyl/N-ethyl adjacent to an activating group) is 1. The standard InChI is InChI=1S/C14H20ClN3O/c1-14(2)13(19)17(3)7-8-18(14)12-10(9-16)5-4-6-11(12)15/h4-6H,7-9,16H2,1-3H3. The highest BCUT2D eigenvalue weighted by molar-refractivity contribution is 6.33. The fourth-order valence-corrected chi connectivity index (χ4v) is 2.93. The van der Waals surface area contributed by atoms with Crippen molar-refractivity contribution in [3.63, 3.8) is 0 Å². The summed E-state index contributed by atoms with van der Waals surface area (Å²) in [6, 6.07) is 5.69. The monoisotopic (exact) mass is 281 g/mol. The summed E-state index contributed by atoms with van der Waals surface area (Å²) in [4.78, 5) is 16.2. The second kappa shape index (κ2) is 5.02.